The third-order valence-corrected chi connectivity index (χ3v) is 7.85. The van der Waals surface area contributed by atoms with E-state index in [2.05, 4.69) is 10.2 Å². The molecule has 7 nitrogen and oxygen atoms in total. The number of nitrogens with one attached hydrogen (secondary N) is 1. The lowest BCUT2D eigenvalue weighted by Crippen LogP contribution is -2.52. The largest absolute Gasteiger partial charge is 0.381 e. The number of sulfone groups is 1. The number of carbonyl (C=O) groups is 1. The van der Waals surface area contributed by atoms with Crippen LogP contribution in [0.5, 0.6) is 0 Å². The Labute approximate surface area is 189 Å². The topological polar surface area (TPSA) is 84.9 Å². The van der Waals surface area contributed by atoms with E-state index in [1.165, 1.54) is 0 Å². The highest BCUT2D eigenvalue weighted by molar-refractivity contribution is 7.90. The summed E-state index contributed by atoms with van der Waals surface area (Å²) in [7, 11) is -3.47. The molecular formula is C24H30N2O5S. The lowest BCUT2D eigenvalue weighted by molar-refractivity contribution is 0.00166. The van der Waals surface area contributed by atoms with Crippen LogP contribution in [0.3, 0.4) is 0 Å². The quantitative estimate of drug-likeness (QED) is 0.652. The maximum absolute atomic E-state index is 12.9. The van der Waals surface area contributed by atoms with Crippen molar-refractivity contribution in [3.8, 4) is 0 Å². The van der Waals surface area contributed by atoms with Gasteiger partial charge in [0.15, 0.2) is 9.84 Å². The van der Waals surface area contributed by atoms with E-state index in [0.717, 1.165) is 26.1 Å². The molecule has 2 aliphatic rings. The molecule has 1 amide bonds. The summed E-state index contributed by atoms with van der Waals surface area (Å²) in [6.45, 7) is 5.11. The molecule has 2 aromatic rings. The molecule has 1 N–H and O–H groups in total. The number of hydrogen-bond acceptors (Lipinski definition) is 6. The summed E-state index contributed by atoms with van der Waals surface area (Å²) in [5.74, 6) is 0.0467. The van der Waals surface area contributed by atoms with Gasteiger partial charge in [-0.1, -0.05) is 30.3 Å². The number of carbonyl (C=O) groups excluding carboxylic acids is 1. The molecule has 2 aromatic carbocycles. The van der Waals surface area contributed by atoms with Crippen molar-refractivity contribution in [3.05, 3.63) is 65.7 Å². The minimum absolute atomic E-state index is 0.145. The molecule has 0 aromatic heterocycles. The van der Waals surface area contributed by atoms with Crippen LogP contribution in [0.4, 0.5) is 0 Å². The van der Waals surface area contributed by atoms with Gasteiger partial charge in [0.1, 0.15) is 0 Å². The first-order valence-electron chi connectivity index (χ1n) is 11.1. The van der Waals surface area contributed by atoms with Gasteiger partial charge in [-0.3, -0.25) is 9.69 Å². The number of benzene rings is 2. The zero-order chi connectivity index (χ0) is 22.4. The second-order valence-electron chi connectivity index (χ2n) is 8.32. The molecule has 0 aliphatic carbocycles. The van der Waals surface area contributed by atoms with Crippen LogP contribution in [-0.2, 0) is 25.1 Å². The van der Waals surface area contributed by atoms with Gasteiger partial charge in [0, 0.05) is 43.8 Å². The molecule has 0 saturated carbocycles. The maximum atomic E-state index is 12.9. The fraction of sp³-hybridized carbons (Fsp3) is 0.458. The molecule has 4 rings (SSSR count). The van der Waals surface area contributed by atoms with Crippen LogP contribution in [0.1, 0.15) is 22.3 Å². The minimum Gasteiger partial charge on any atom is -0.381 e. The van der Waals surface area contributed by atoms with Gasteiger partial charge in [-0.25, -0.2) is 8.42 Å². The third-order valence-electron chi connectivity index (χ3n) is 6.14. The van der Waals surface area contributed by atoms with Gasteiger partial charge >= 0.3 is 0 Å². The SMILES string of the molecule is O=C(NCC(C1CCOC1)N1CCOCC1)c1cccc(CS(=O)(=O)c2ccccc2)c1. The first kappa shape index (κ1) is 22.9. The highest BCUT2D eigenvalue weighted by Crippen LogP contribution is 2.22. The summed E-state index contributed by atoms with van der Waals surface area (Å²) in [6.07, 6.45) is 0.991. The summed E-state index contributed by atoms with van der Waals surface area (Å²) in [5, 5.41) is 3.07. The Hall–Kier alpha value is -2.26. The van der Waals surface area contributed by atoms with Crippen molar-refractivity contribution in [2.24, 2.45) is 5.92 Å². The van der Waals surface area contributed by atoms with Crippen molar-refractivity contribution in [2.45, 2.75) is 23.1 Å². The van der Waals surface area contributed by atoms with Crippen LogP contribution < -0.4 is 5.32 Å². The number of hydrogen-bond donors (Lipinski definition) is 1. The van der Waals surface area contributed by atoms with Crippen molar-refractivity contribution in [3.63, 3.8) is 0 Å². The number of amides is 1. The number of ether oxygens (including phenoxy) is 2. The highest BCUT2D eigenvalue weighted by atomic mass is 32.2. The molecule has 2 atom stereocenters. The smallest absolute Gasteiger partial charge is 0.251 e. The Balaban J connectivity index is 1.41. The summed E-state index contributed by atoms with van der Waals surface area (Å²) in [4.78, 5) is 15.6. The van der Waals surface area contributed by atoms with Gasteiger partial charge in [0.05, 0.1) is 30.5 Å². The van der Waals surface area contributed by atoms with E-state index >= 15 is 0 Å². The van der Waals surface area contributed by atoms with Gasteiger partial charge < -0.3 is 14.8 Å². The van der Waals surface area contributed by atoms with E-state index in [1.54, 1.807) is 54.6 Å². The normalized spacial score (nSPS) is 20.7. The second kappa shape index (κ2) is 10.6. The molecule has 2 aliphatic heterocycles. The Kier molecular flexibility index (Phi) is 7.57. The molecular weight excluding hydrogens is 428 g/mol. The summed E-state index contributed by atoms with van der Waals surface area (Å²) in [6, 6.07) is 15.4. The summed E-state index contributed by atoms with van der Waals surface area (Å²) in [5.41, 5.74) is 1.06. The second-order valence-corrected chi connectivity index (χ2v) is 10.3. The Morgan fingerprint density at radius 1 is 1.03 bits per heavy atom. The molecule has 8 heteroatoms. The van der Waals surface area contributed by atoms with Gasteiger partial charge in [0.25, 0.3) is 5.91 Å². The van der Waals surface area contributed by atoms with Gasteiger partial charge in [-0.15, -0.1) is 0 Å². The van der Waals surface area contributed by atoms with Crippen LogP contribution in [-0.4, -0.2) is 71.3 Å². The average Bonchev–Trinajstić information content (AvgIpc) is 3.35. The van der Waals surface area contributed by atoms with E-state index < -0.39 is 9.84 Å². The number of morpholine rings is 1. The molecule has 0 spiro atoms. The Bertz CT molecular complexity index is 1000. The Morgan fingerprint density at radius 2 is 1.81 bits per heavy atom. The summed E-state index contributed by atoms with van der Waals surface area (Å²) >= 11 is 0. The molecule has 2 saturated heterocycles. The van der Waals surface area contributed by atoms with Crippen LogP contribution in [0, 0.1) is 5.92 Å². The first-order chi connectivity index (χ1) is 15.5. The molecule has 0 radical (unpaired) electrons. The zero-order valence-electron chi connectivity index (χ0n) is 18.1. The van der Waals surface area contributed by atoms with E-state index in [9.17, 15) is 13.2 Å². The standard InChI is InChI=1S/C24H30N2O5S/c27-24(25-16-23(21-9-12-31-17-21)26-10-13-30-14-11-26)20-6-4-5-19(15-20)18-32(28,29)22-7-2-1-3-8-22/h1-8,15,21,23H,9-14,16-18H2,(H,25,27). The molecule has 2 heterocycles. The van der Waals surface area contributed by atoms with E-state index in [4.69, 9.17) is 9.47 Å². The van der Waals surface area contributed by atoms with Gasteiger partial charge in [-0.05, 0) is 36.2 Å². The maximum Gasteiger partial charge on any atom is 0.251 e. The van der Waals surface area contributed by atoms with Crippen molar-refractivity contribution in [1.82, 2.24) is 10.2 Å². The predicted molar refractivity (Wildman–Crippen MR) is 121 cm³/mol. The molecule has 2 unspecified atom stereocenters. The van der Waals surface area contributed by atoms with Crippen LogP contribution in [0.2, 0.25) is 0 Å². The highest BCUT2D eigenvalue weighted by Gasteiger charge is 2.31. The minimum atomic E-state index is -3.47. The Morgan fingerprint density at radius 3 is 2.53 bits per heavy atom. The monoisotopic (exact) mass is 458 g/mol. The lowest BCUT2D eigenvalue weighted by atomic mass is 9.96. The molecule has 2 fully saturated rings. The third kappa shape index (κ3) is 5.75. The first-order valence-corrected chi connectivity index (χ1v) is 12.7. The van der Waals surface area contributed by atoms with E-state index in [0.29, 0.717) is 43.4 Å². The zero-order valence-corrected chi connectivity index (χ0v) is 18.9. The molecule has 172 valence electrons. The van der Waals surface area contributed by atoms with Gasteiger partial charge in [0.2, 0.25) is 0 Å². The van der Waals surface area contributed by atoms with Crippen LogP contribution in [0.25, 0.3) is 0 Å². The van der Waals surface area contributed by atoms with Crippen molar-refractivity contribution >= 4 is 15.7 Å². The van der Waals surface area contributed by atoms with Crippen molar-refractivity contribution in [2.75, 3.05) is 46.1 Å². The van der Waals surface area contributed by atoms with Crippen molar-refractivity contribution < 1.29 is 22.7 Å². The molecule has 0 bridgehead atoms. The van der Waals surface area contributed by atoms with Crippen molar-refractivity contribution in [1.29, 1.82) is 0 Å². The summed E-state index contributed by atoms with van der Waals surface area (Å²) < 4.78 is 36.5. The predicted octanol–water partition coefficient (Wildman–Crippen LogP) is 2.13. The lowest BCUT2D eigenvalue weighted by Gasteiger charge is -2.37. The van der Waals surface area contributed by atoms with Gasteiger partial charge in [-0.2, -0.15) is 0 Å². The number of rotatable bonds is 8. The average molecular weight is 459 g/mol. The van der Waals surface area contributed by atoms with E-state index in [1.807, 2.05) is 0 Å². The molecule has 32 heavy (non-hydrogen) atoms. The van der Waals surface area contributed by atoms with Crippen LogP contribution >= 0.6 is 0 Å². The number of nitrogens with zero attached hydrogens (tertiary/aromatic N) is 1. The van der Waals surface area contributed by atoms with Crippen LogP contribution in [0.15, 0.2) is 59.5 Å². The van der Waals surface area contributed by atoms with E-state index in [-0.39, 0.29) is 22.6 Å². The fourth-order valence-electron chi connectivity index (χ4n) is 4.39. The fourth-order valence-corrected chi connectivity index (χ4v) is 5.75.